The smallest absolute Gasteiger partial charge is 0.214 e. The van der Waals surface area contributed by atoms with E-state index >= 15 is 0 Å². The lowest BCUT2D eigenvalue weighted by molar-refractivity contribution is 0.585. The van der Waals surface area contributed by atoms with Crippen molar-refractivity contribution in [3.05, 3.63) is 59.0 Å². The number of anilines is 1. The van der Waals surface area contributed by atoms with Crippen LogP contribution in [0.3, 0.4) is 0 Å². The van der Waals surface area contributed by atoms with Gasteiger partial charge in [-0.25, -0.2) is 4.98 Å². The Kier molecular flexibility index (Phi) is 3.38. The van der Waals surface area contributed by atoms with Gasteiger partial charge in [-0.15, -0.1) is 0 Å². The van der Waals surface area contributed by atoms with Crippen LogP contribution >= 0.6 is 0 Å². The molecule has 17 heavy (non-hydrogen) atoms. The highest BCUT2D eigenvalue weighted by atomic mass is 19.1. The summed E-state index contributed by atoms with van der Waals surface area (Å²) in [6.07, 6.45) is 0. The van der Waals surface area contributed by atoms with Crippen LogP contribution in [0.2, 0.25) is 0 Å². The molecular formula is C14H15FN2. The molecule has 88 valence electrons. The van der Waals surface area contributed by atoms with Crippen LogP contribution in [0, 0.1) is 19.8 Å². The van der Waals surface area contributed by atoms with Crippen LogP contribution < -0.4 is 5.32 Å². The molecule has 2 nitrogen and oxygen atoms in total. The number of nitrogens with one attached hydrogen (secondary N) is 1. The average Bonchev–Trinajstić information content (AvgIpc) is 2.31. The molecule has 0 aliphatic rings. The lowest BCUT2D eigenvalue weighted by Gasteiger charge is -2.07. The van der Waals surface area contributed by atoms with Crippen molar-refractivity contribution < 1.29 is 4.39 Å². The van der Waals surface area contributed by atoms with E-state index in [0.717, 1.165) is 0 Å². The third-order valence-corrected chi connectivity index (χ3v) is 2.76. The number of halogens is 1. The maximum absolute atomic E-state index is 12.9. The fourth-order valence-corrected chi connectivity index (χ4v) is 1.61. The molecule has 0 amide bonds. The van der Waals surface area contributed by atoms with E-state index in [1.54, 1.807) is 12.1 Å². The summed E-state index contributed by atoms with van der Waals surface area (Å²) in [6.45, 7) is 4.82. The van der Waals surface area contributed by atoms with Gasteiger partial charge in [0.25, 0.3) is 0 Å². The molecule has 0 bridgehead atoms. The molecule has 1 aromatic carbocycles. The Morgan fingerprint density at radius 1 is 1.12 bits per heavy atom. The molecular weight excluding hydrogens is 215 g/mol. The van der Waals surface area contributed by atoms with Crippen molar-refractivity contribution in [3.8, 4) is 0 Å². The van der Waals surface area contributed by atoms with Gasteiger partial charge >= 0.3 is 0 Å². The first-order chi connectivity index (χ1) is 8.15. The number of aromatic nitrogens is 1. The highest BCUT2D eigenvalue weighted by Gasteiger charge is 1.98. The first-order valence-electron chi connectivity index (χ1n) is 5.58. The highest BCUT2D eigenvalue weighted by Crippen LogP contribution is 2.11. The van der Waals surface area contributed by atoms with Crippen LogP contribution in [0.4, 0.5) is 10.2 Å². The zero-order valence-electron chi connectivity index (χ0n) is 10.00. The Hall–Kier alpha value is -1.90. The van der Waals surface area contributed by atoms with E-state index in [2.05, 4.69) is 42.3 Å². The third-order valence-electron chi connectivity index (χ3n) is 2.76. The van der Waals surface area contributed by atoms with Gasteiger partial charge in [-0.3, -0.25) is 0 Å². The largest absolute Gasteiger partial charge is 0.366 e. The van der Waals surface area contributed by atoms with Gasteiger partial charge in [-0.2, -0.15) is 4.39 Å². The molecule has 0 saturated carbocycles. The summed E-state index contributed by atoms with van der Waals surface area (Å²) in [5.74, 6) is 0.0957. The Balaban J connectivity index is 2.05. The summed E-state index contributed by atoms with van der Waals surface area (Å²) in [6, 6.07) is 11.0. The topological polar surface area (TPSA) is 24.9 Å². The molecule has 0 radical (unpaired) electrons. The number of rotatable bonds is 3. The molecule has 1 heterocycles. The minimum Gasteiger partial charge on any atom is -0.366 e. The number of hydrogen-bond acceptors (Lipinski definition) is 2. The normalized spacial score (nSPS) is 10.3. The number of benzene rings is 1. The van der Waals surface area contributed by atoms with Crippen molar-refractivity contribution in [2.75, 3.05) is 5.32 Å². The minimum atomic E-state index is -0.463. The molecule has 0 unspecified atom stereocenters. The summed E-state index contributed by atoms with van der Waals surface area (Å²) < 4.78 is 12.9. The fraction of sp³-hybridized carbons (Fsp3) is 0.214. The molecule has 1 N–H and O–H groups in total. The lowest BCUT2D eigenvalue weighted by Crippen LogP contribution is -2.02. The van der Waals surface area contributed by atoms with Crippen LogP contribution in [0.5, 0.6) is 0 Å². The standard InChI is InChI=1S/C14H15FN2/c1-10-6-7-12(8-11(10)2)9-16-14-5-3-4-13(15)17-14/h3-8H,9H2,1-2H3,(H,16,17). The van der Waals surface area contributed by atoms with Crippen molar-refractivity contribution in [3.63, 3.8) is 0 Å². The Morgan fingerprint density at radius 3 is 2.65 bits per heavy atom. The van der Waals surface area contributed by atoms with Gasteiger partial charge in [-0.1, -0.05) is 24.3 Å². The van der Waals surface area contributed by atoms with Crippen molar-refractivity contribution in [1.82, 2.24) is 4.98 Å². The van der Waals surface area contributed by atoms with Crippen LogP contribution in [0.15, 0.2) is 36.4 Å². The molecule has 0 aliphatic heterocycles. The SMILES string of the molecule is Cc1ccc(CNc2cccc(F)n2)cc1C. The van der Waals surface area contributed by atoms with E-state index < -0.39 is 5.95 Å². The molecule has 2 rings (SSSR count). The van der Waals surface area contributed by atoms with Gasteiger partial charge in [0.1, 0.15) is 5.82 Å². The van der Waals surface area contributed by atoms with Crippen molar-refractivity contribution in [1.29, 1.82) is 0 Å². The summed E-state index contributed by atoms with van der Waals surface area (Å²) in [4.78, 5) is 3.75. The predicted octanol–water partition coefficient (Wildman–Crippen LogP) is 3.45. The van der Waals surface area contributed by atoms with E-state index in [4.69, 9.17) is 0 Å². The summed E-state index contributed by atoms with van der Waals surface area (Å²) >= 11 is 0. The third kappa shape index (κ3) is 3.03. The lowest BCUT2D eigenvalue weighted by atomic mass is 10.1. The van der Waals surface area contributed by atoms with E-state index in [1.807, 2.05) is 0 Å². The van der Waals surface area contributed by atoms with Crippen LogP contribution in [0.1, 0.15) is 16.7 Å². The predicted molar refractivity (Wildman–Crippen MR) is 67.4 cm³/mol. The molecule has 0 aliphatic carbocycles. The van der Waals surface area contributed by atoms with Crippen molar-refractivity contribution >= 4 is 5.82 Å². The maximum Gasteiger partial charge on any atom is 0.214 e. The monoisotopic (exact) mass is 230 g/mol. The second-order valence-electron chi connectivity index (χ2n) is 4.12. The second-order valence-corrected chi connectivity index (χ2v) is 4.12. The fourth-order valence-electron chi connectivity index (χ4n) is 1.61. The van der Waals surface area contributed by atoms with Crippen molar-refractivity contribution in [2.45, 2.75) is 20.4 Å². The minimum absolute atomic E-state index is 0.463. The summed E-state index contributed by atoms with van der Waals surface area (Å²) in [7, 11) is 0. The molecule has 1 aromatic heterocycles. The molecule has 2 aromatic rings. The Morgan fingerprint density at radius 2 is 1.94 bits per heavy atom. The number of nitrogens with zero attached hydrogens (tertiary/aromatic N) is 1. The second kappa shape index (κ2) is 4.95. The van der Waals surface area contributed by atoms with E-state index in [-0.39, 0.29) is 0 Å². The van der Waals surface area contributed by atoms with E-state index in [0.29, 0.717) is 12.4 Å². The first-order valence-corrected chi connectivity index (χ1v) is 5.58. The molecule has 0 fully saturated rings. The van der Waals surface area contributed by atoms with Crippen LogP contribution in [-0.4, -0.2) is 4.98 Å². The van der Waals surface area contributed by atoms with E-state index in [1.165, 1.54) is 22.8 Å². The Bertz CT molecular complexity index is 523. The molecule has 3 heteroatoms. The zero-order valence-corrected chi connectivity index (χ0v) is 10.00. The first kappa shape index (κ1) is 11.6. The number of aryl methyl sites for hydroxylation is 2. The van der Waals surface area contributed by atoms with Gasteiger partial charge in [0, 0.05) is 6.54 Å². The summed E-state index contributed by atoms with van der Waals surface area (Å²) in [5, 5.41) is 3.10. The number of pyridine rings is 1. The van der Waals surface area contributed by atoms with E-state index in [9.17, 15) is 4.39 Å². The van der Waals surface area contributed by atoms with Gasteiger partial charge in [0.2, 0.25) is 5.95 Å². The molecule has 0 saturated heterocycles. The van der Waals surface area contributed by atoms with Gasteiger partial charge in [0.05, 0.1) is 0 Å². The molecule has 0 spiro atoms. The van der Waals surface area contributed by atoms with Crippen LogP contribution in [0.25, 0.3) is 0 Å². The quantitative estimate of drug-likeness (QED) is 0.817. The summed E-state index contributed by atoms with van der Waals surface area (Å²) in [5.41, 5.74) is 3.70. The average molecular weight is 230 g/mol. The number of hydrogen-bond donors (Lipinski definition) is 1. The van der Waals surface area contributed by atoms with Crippen molar-refractivity contribution in [2.24, 2.45) is 0 Å². The van der Waals surface area contributed by atoms with Gasteiger partial charge < -0.3 is 5.32 Å². The zero-order chi connectivity index (χ0) is 12.3. The Labute approximate surface area is 101 Å². The maximum atomic E-state index is 12.9. The van der Waals surface area contributed by atoms with Gasteiger partial charge in [0.15, 0.2) is 0 Å². The van der Waals surface area contributed by atoms with Crippen LogP contribution in [-0.2, 0) is 6.54 Å². The van der Waals surface area contributed by atoms with Gasteiger partial charge in [-0.05, 0) is 42.7 Å². The highest BCUT2D eigenvalue weighted by molar-refractivity contribution is 5.37. The molecule has 0 atom stereocenters.